The second kappa shape index (κ2) is 4.24. The Labute approximate surface area is 114 Å². The van der Waals surface area contributed by atoms with Crippen LogP contribution in [-0.2, 0) is 10.0 Å². The number of hydrogen-bond donors (Lipinski definition) is 1. The average Bonchev–Trinajstić information content (AvgIpc) is 3.13. The van der Waals surface area contributed by atoms with Crippen LogP contribution in [0.1, 0.15) is 12.8 Å². The van der Waals surface area contributed by atoms with Crippen LogP contribution >= 0.6 is 15.9 Å². The molecule has 94 valence electrons. The monoisotopic (exact) mass is 325 g/mol. The molecule has 0 unspecified atom stereocenters. The molecule has 1 fully saturated rings. The summed E-state index contributed by atoms with van der Waals surface area (Å²) in [5, 5.41) is 1.91. The number of benzene rings is 2. The van der Waals surface area contributed by atoms with Crippen LogP contribution in [0.4, 0.5) is 5.69 Å². The van der Waals surface area contributed by atoms with Crippen LogP contribution in [0.15, 0.2) is 40.9 Å². The third-order valence-corrected chi connectivity index (χ3v) is 5.39. The first kappa shape index (κ1) is 12.0. The first-order valence-electron chi connectivity index (χ1n) is 5.75. The van der Waals surface area contributed by atoms with E-state index in [0.717, 1.165) is 28.1 Å². The molecule has 0 aromatic heterocycles. The van der Waals surface area contributed by atoms with E-state index in [2.05, 4.69) is 20.7 Å². The summed E-state index contributed by atoms with van der Waals surface area (Å²) in [5.74, 6) is 0. The van der Waals surface area contributed by atoms with E-state index in [4.69, 9.17) is 0 Å². The highest BCUT2D eigenvalue weighted by atomic mass is 79.9. The van der Waals surface area contributed by atoms with Crippen LogP contribution in [0.25, 0.3) is 10.8 Å². The molecule has 1 aliphatic carbocycles. The number of fused-ring (bicyclic) bond motifs is 1. The predicted octanol–water partition coefficient (Wildman–Crippen LogP) is 3.51. The van der Waals surface area contributed by atoms with Gasteiger partial charge in [-0.1, -0.05) is 28.1 Å². The van der Waals surface area contributed by atoms with Gasteiger partial charge in [0.15, 0.2) is 0 Å². The molecule has 0 heterocycles. The maximum atomic E-state index is 11.8. The van der Waals surface area contributed by atoms with Crippen LogP contribution in [0.3, 0.4) is 0 Å². The topological polar surface area (TPSA) is 46.2 Å². The van der Waals surface area contributed by atoms with Gasteiger partial charge in [0.25, 0.3) is 0 Å². The Kier molecular flexibility index (Phi) is 2.83. The van der Waals surface area contributed by atoms with Gasteiger partial charge in [-0.3, -0.25) is 4.72 Å². The second-order valence-electron chi connectivity index (χ2n) is 4.55. The number of hydrogen-bond acceptors (Lipinski definition) is 2. The molecule has 0 saturated heterocycles. The van der Waals surface area contributed by atoms with Crippen molar-refractivity contribution >= 4 is 42.4 Å². The van der Waals surface area contributed by atoms with Crippen molar-refractivity contribution in [2.24, 2.45) is 0 Å². The fourth-order valence-corrected chi connectivity index (χ4v) is 3.66. The zero-order chi connectivity index (χ0) is 12.8. The third kappa shape index (κ3) is 2.37. The molecule has 3 nitrogen and oxygen atoms in total. The summed E-state index contributed by atoms with van der Waals surface area (Å²) in [6.45, 7) is 0. The van der Waals surface area contributed by atoms with Crippen molar-refractivity contribution in [3.8, 4) is 0 Å². The van der Waals surface area contributed by atoms with Gasteiger partial charge >= 0.3 is 0 Å². The molecule has 0 atom stereocenters. The van der Waals surface area contributed by atoms with Gasteiger partial charge in [0, 0.05) is 10.2 Å². The molecule has 18 heavy (non-hydrogen) atoms. The van der Waals surface area contributed by atoms with Gasteiger partial charge < -0.3 is 0 Å². The standard InChI is InChI=1S/C13H12BrNO2S/c14-11-3-1-10-8-12(4-2-9(10)7-11)15-18(16,17)13-5-6-13/h1-4,7-8,13,15H,5-6H2. The molecule has 0 radical (unpaired) electrons. The molecule has 1 saturated carbocycles. The minimum Gasteiger partial charge on any atom is -0.283 e. The molecule has 0 bridgehead atoms. The highest BCUT2D eigenvalue weighted by molar-refractivity contribution is 9.10. The lowest BCUT2D eigenvalue weighted by molar-refractivity contribution is 0.600. The minimum absolute atomic E-state index is 0.196. The highest BCUT2D eigenvalue weighted by Gasteiger charge is 2.35. The van der Waals surface area contributed by atoms with Gasteiger partial charge in [-0.25, -0.2) is 8.42 Å². The SMILES string of the molecule is O=S(=O)(Nc1ccc2cc(Br)ccc2c1)C1CC1. The lowest BCUT2D eigenvalue weighted by atomic mass is 10.1. The first-order chi connectivity index (χ1) is 8.54. The lowest BCUT2D eigenvalue weighted by Crippen LogP contribution is -2.17. The van der Waals surface area contributed by atoms with Crippen LogP contribution < -0.4 is 4.72 Å². The van der Waals surface area contributed by atoms with Gasteiger partial charge in [0.1, 0.15) is 0 Å². The largest absolute Gasteiger partial charge is 0.283 e. The summed E-state index contributed by atoms with van der Waals surface area (Å²) in [5.41, 5.74) is 0.636. The Balaban J connectivity index is 1.96. The van der Waals surface area contributed by atoms with Crippen LogP contribution in [0.2, 0.25) is 0 Å². The maximum absolute atomic E-state index is 11.8. The predicted molar refractivity (Wildman–Crippen MR) is 77.2 cm³/mol. The zero-order valence-corrected chi connectivity index (χ0v) is 12.0. The van der Waals surface area contributed by atoms with Crippen LogP contribution in [0.5, 0.6) is 0 Å². The van der Waals surface area contributed by atoms with E-state index in [1.807, 2.05) is 30.3 Å². The normalized spacial score (nSPS) is 15.8. The molecule has 1 N–H and O–H groups in total. The van der Waals surface area contributed by atoms with Gasteiger partial charge in [0.2, 0.25) is 10.0 Å². The van der Waals surface area contributed by atoms with Crippen molar-refractivity contribution in [3.05, 3.63) is 40.9 Å². The zero-order valence-electron chi connectivity index (χ0n) is 9.56. The van der Waals surface area contributed by atoms with Crippen molar-refractivity contribution in [2.45, 2.75) is 18.1 Å². The Bertz CT molecular complexity index is 708. The van der Waals surface area contributed by atoms with Crippen molar-refractivity contribution in [2.75, 3.05) is 4.72 Å². The Morgan fingerprint density at radius 2 is 1.72 bits per heavy atom. The Morgan fingerprint density at radius 1 is 1.06 bits per heavy atom. The summed E-state index contributed by atoms with van der Waals surface area (Å²) < 4.78 is 27.3. The number of nitrogens with one attached hydrogen (secondary N) is 1. The number of anilines is 1. The quantitative estimate of drug-likeness (QED) is 0.938. The smallest absolute Gasteiger partial charge is 0.235 e. The summed E-state index contributed by atoms with van der Waals surface area (Å²) >= 11 is 3.42. The fourth-order valence-electron chi connectivity index (χ4n) is 1.91. The summed E-state index contributed by atoms with van der Waals surface area (Å²) in [6.07, 6.45) is 1.55. The molecule has 1 aliphatic rings. The van der Waals surface area contributed by atoms with Gasteiger partial charge in [-0.2, -0.15) is 0 Å². The average molecular weight is 326 g/mol. The summed E-state index contributed by atoms with van der Waals surface area (Å²) in [6, 6.07) is 11.5. The Morgan fingerprint density at radius 3 is 2.44 bits per heavy atom. The molecule has 3 rings (SSSR count). The number of sulfonamides is 1. The molecular weight excluding hydrogens is 314 g/mol. The van der Waals surface area contributed by atoms with Gasteiger partial charge in [0.05, 0.1) is 5.25 Å². The van der Waals surface area contributed by atoms with Gasteiger partial charge in [-0.05, 0) is 47.9 Å². The van der Waals surface area contributed by atoms with E-state index in [0.29, 0.717) is 5.69 Å². The summed E-state index contributed by atoms with van der Waals surface area (Å²) in [7, 11) is -3.18. The third-order valence-electron chi connectivity index (χ3n) is 3.03. The maximum Gasteiger partial charge on any atom is 0.235 e. The van der Waals surface area contributed by atoms with Crippen molar-refractivity contribution in [3.63, 3.8) is 0 Å². The molecule has 2 aromatic rings. The van der Waals surface area contributed by atoms with E-state index in [1.54, 1.807) is 6.07 Å². The van der Waals surface area contributed by atoms with E-state index < -0.39 is 10.0 Å². The van der Waals surface area contributed by atoms with E-state index >= 15 is 0 Å². The molecule has 2 aromatic carbocycles. The van der Waals surface area contributed by atoms with E-state index in [1.165, 1.54) is 0 Å². The van der Waals surface area contributed by atoms with E-state index in [-0.39, 0.29) is 5.25 Å². The van der Waals surface area contributed by atoms with Crippen molar-refractivity contribution < 1.29 is 8.42 Å². The van der Waals surface area contributed by atoms with Crippen molar-refractivity contribution in [1.82, 2.24) is 0 Å². The highest BCUT2D eigenvalue weighted by Crippen LogP contribution is 2.30. The molecule has 0 aliphatic heterocycles. The van der Waals surface area contributed by atoms with Crippen molar-refractivity contribution in [1.29, 1.82) is 0 Å². The molecule has 0 amide bonds. The molecule has 5 heteroatoms. The summed E-state index contributed by atoms with van der Waals surface area (Å²) in [4.78, 5) is 0. The first-order valence-corrected chi connectivity index (χ1v) is 8.09. The lowest BCUT2D eigenvalue weighted by Gasteiger charge is -2.08. The Hall–Kier alpha value is -1.07. The fraction of sp³-hybridized carbons (Fsp3) is 0.231. The minimum atomic E-state index is -3.18. The van der Waals surface area contributed by atoms with Crippen LogP contribution in [0, 0.1) is 0 Å². The molecular formula is C13H12BrNO2S. The second-order valence-corrected chi connectivity index (χ2v) is 7.43. The van der Waals surface area contributed by atoms with Crippen LogP contribution in [-0.4, -0.2) is 13.7 Å². The van der Waals surface area contributed by atoms with Gasteiger partial charge in [-0.15, -0.1) is 0 Å². The molecule has 0 spiro atoms. The van der Waals surface area contributed by atoms with E-state index in [9.17, 15) is 8.42 Å². The number of halogens is 1. The number of rotatable bonds is 3.